The minimum atomic E-state index is -0.957. The van der Waals surface area contributed by atoms with E-state index >= 15 is 0 Å². The standard InChI is InChI=1S/C35H41N7O6/c1-8-20-15(2)23-13-28-31(19(6)43)17(4)26-12-24-16(3)21(9-10-29(44)45)33(38-24)22(11-30(46)48-7)34-32(35(47)39-36)18(5)27(14-25(20)37-23)42(34)40-41(26)28/h12-16,20-21,40H,8-11,36H2,1-7H3,(H,39,47)(H,44,45)/b23-13?,24-12?,25-14-,26-12-,27-14?,28-13-,33-22-,34-22?/t15-,16+,20-,21+/m1/s1. The molecule has 252 valence electrons. The van der Waals surface area contributed by atoms with Gasteiger partial charge in [-0.2, -0.15) is 0 Å². The van der Waals surface area contributed by atoms with Gasteiger partial charge in [0.1, 0.15) is 0 Å². The summed E-state index contributed by atoms with van der Waals surface area (Å²) in [5.74, 6) is 3.00. The summed E-state index contributed by atoms with van der Waals surface area (Å²) in [6.45, 7) is 11.4. The third kappa shape index (κ3) is 5.04. The van der Waals surface area contributed by atoms with E-state index in [2.05, 4.69) is 24.8 Å². The number of carbonyl (C=O) groups is 4. The van der Waals surface area contributed by atoms with Gasteiger partial charge in [-0.1, -0.05) is 20.8 Å². The number of hydrazine groups is 1. The number of nitrogens with zero attached hydrogens (tertiary/aromatic N) is 4. The number of carboxylic acid groups (broad SMARTS) is 1. The fourth-order valence-corrected chi connectivity index (χ4v) is 7.79. The van der Waals surface area contributed by atoms with Crippen molar-refractivity contribution in [1.29, 1.82) is 0 Å². The quantitative estimate of drug-likeness (QED) is 0.110. The first-order valence-electron chi connectivity index (χ1n) is 16.2. The Labute approximate surface area is 277 Å². The van der Waals surface area contributed by atoms with Gasteiger partial charge in [0, 0.05) is 58.3 Å². The second kappa shape index (κ2) is 12.2. The highest BCUT2D eigenvalue weighted by Gasteiger charge is 2.39. The Hall–Kier alpha value is -5.04. The average molecular weight is 656 g/mol. The minimum absolute atomic E-state index is 0.0494. The SMILES string of the molecule is CC[C@H]1/C2=C/c3c(C)c(C(=O)NN)c4n3Nn3/c(c(C)c(C(C)=O)/c3=C/C(=N2)[C@@H]1C)=C\C1=NC(=C\4CC(=O)OC)/[C@@H](CCC(=O)O)[C@@H]1C. The van der Waals surface area contributed by atoms with Gasteiger partial charge in [-0.05, 0) is 63.0 Å². The molecule has 2 aromatic heterocycles. The fraction of sp³-hybridized carbons (Fsp3) is 0.429. The topological polar surface area (TPSA) is 182 Å². The Morgan fingerprint density at radius 1 is 0.979 bits per heavy atom. The van der Waals surface area contributed by atoms with Crippen molar-refractivity contribution in [3.8, 4) is 0 Å². The van der Waals surface area contributed by atoms with Gasteiger partial charge in [0.15, 0.2) is 5.78 Å². The number of carboxylic acids is 1. The van der Waals surface area contributed by atoms with Crippen molar-refractivity contribution in [1.82, 2.24) is 14.8 Å². The number of aliphatic carboxylic acids is 1. The van der Waals surface area contributed by atoms with E-state index in [0.717, 1.165) is 23.4 Å². The number of rotatable bonds is 8. The molecule has 1 amide bonds. The van der Waals surface area contributed by atoms with E-state index in [1.54, 1.807) is 4.68 Å². The molecular formula is C35H41N7O6. The van der Waals surface area contributed by atoms with Crippen LogP contribution in [-0.4, -0.2) is 56.6 Å². The maximum absolute atomic E-state index is 13.8. The monoisotopic (exact) mass is 655 g/mol. The van der Waals surface area contributed by atoms with Crippen molar-refractivity contribution in [2.45, 2.75) is 67.2 Å². The summed E-state index contributed by atoms with van der Waals surface area (Å²) in [6.07, 6.45) is 6.50. The van der Waals surface area contributed by atoms with E-state index < -0.39 is 23.8 Å². The van der Waals surface area contributed by atoms with Gasteiger partial charge >= 0.3 is 11.9 Å². The summed E-state index contributed by atoms with van der Waals surface area (Å²) in [6, 6.07) is 0. The third-order valence-electron chi connectivity index (χ3n) is 10.4. The number of ether oxygens (including phenoxy) is 1. The van der Waals surface area contributed by atoms with Crippen LogP contribution in [0.15, 0.2) is 21.4 Å². The molecule has 6 heterocycles. The van der Waals surface area contributed by atoms with E-state index in [9.17, 15) is 24.3 Å². The summed E-state index contributed by atoms with van der Waals surface area (Å²) in [4.78, 5) is 62.3. The Kier molecular flexibility index (Phi) is 8.36. The molecule has 0 radical (unpaired) electrons. The molecule has 4 aliphatic rings. The van der Waals surface area contributed by atoms with Crippen LogP contribution in [0.2, 0.25) is 0 Å². The Balaban J connectivity index is 1.86. The first-order valence-corrected chi connectivity index (χ1v) is 16.2. The predicted molar refractivity (Wildman–Crippen MR) is 182 cm³/mol. The van der Waals surface area contributed by atoms with Crippen LogP contribution in [0.5, 0.6) is 0 Å². The van der Waals surface area contributed by atoms with E-state index in [1.807, 2.05) is 43.7 Å². The van der Waals surface area contributed by atoms with Crippen LogP contribution in [0.1, 0.15) is 96.6 Å². The molecule has 6 rings (SSSR count). The van der Waals surface area contributed by atoms with E-state index in [4.69, 9.17) is 20.6 Å². The lowest BCUT2D eigenvalue weighted by molar-refractivity contribution is -0.139. The number of aliphatic imine (C=N–C) groups is 2. The van der Waals surface area contributed by atoms with Crippen LogP contribution < -0.4 is 27.5 Å². The number of hydrogen-bond donors (Lipinski definition) is 4. The van der Waals surface area contributed by atoms with Crippen molar-refractivity contribution < 1.29 is 29.0 Å². The van der Waals surface area contributed by atoms with E-state index in [-0.39, 0.29) is 48.4 Å². The lowest BCUT2D eigenvalue weighted by atomic mass is 9.84. The average Bonchev–Trinajstić information content (AvgIpc) is 3.69. The number of amides is 1. The molecule has 48 heavy (non-hydrogen) atoms. The van der Waals surface area contributed by atoms with E-state index in [0.29, 0.717) is 50.2 Å². The van der Waals surface area contributed by atoms with Crippen LogP contribution in [0.25, 0.3) is 23.8 Å². The zero-order valence-electron chi connectivity index (χ0n) is 28.2. The number of esters is 1. The summed E-state index contributed by atoms with van der Waals surface area (Å²) in [5.41, 5.74) is 12.0. The van der Waals surface area contributed by atoms with Crippen LogP contribution in [0, 0.1) is 37.5 Å². The molecule has 0 aliphatic carbocycles. The largest absolute Gasteiger partial charge is 0.481 e. The number of nitrogens with one attached hydrogen (secondary N) is 2. The smallest absolute Gasteiger partial charge is 0.310 e. The fourth-order valence-electron chi connectivity index (χ4n) is 7.79. The third-order valence-corrected chi connectivity index (χ3v) is 10.4. The predicted octanol–water partition coefficient (Wildman–Crippen LogP) is 2.61. The molecule has 4 aliphatic heterocycles. The molecule has 2 aromatic rings. The molecule has 5 N–H and O–H groups in total. The number of hydrogen-bond acceptors (Lipinski definition) is 9. The highest BCUT2D eigenvalue weighted by Crippen LogP contribution is 2.44. The van der Waals surface area contributed by atoms with Crippen molar-refractivity contribution in [3.63, 3.8) is 0 Å². The molecule has 6 bridgehead atoms. The van der Waals surface area contributed by atoms with Crippen LogP contribution in [0.3, 0.4) is 0 Å². The molecule has 0 fully saturated rings. The van der Waals surface area contributed by atoms with Crippen LogP contribution in [-0.2, 0) is 14.3 Å². The highest BCUT2D eigenvalue weighted by molar-refractivity contribution is 6.16. The molecule has 0 saturated heterocycles. The molecule has 0 aromatic carbocycles. The summed E-state index contributed by atoms with van der Waals surface area (Å²) < 4.78 is 8.70. The number of carbonyl (C=O) groups excluding carboxylic acids is 3. The van der Waals surface area contributed by atoms with Crippen LogP contribution >= 0.6 is 0 Å². The first-order chi connectivity index (χ1) is 22.8. The van der Waals surface area contributed by atoms with Crippen molar-refractivity contribution in [3.05, 3.63) is 55.7 Å². The summed E-state index contributed by atoms with van der Waals surface area (Å²) in [7, 11) is 1.29. The van der Waals surface area contributed by atoms with Crippen molar-refractivity contribution in [2.24, 2.45) is 39.5 Å². The number of Topliss-reactive ketones (excluding diaryl/α,β-unsaturated/α-hetero) is 1. The number of allylic oxidation sites excluding steroid dienone is 2. The molecule has 0 unspecified atom stereocenters. The zero-order chi connectivity index (χ0) is 34.8. The van der Waals surface area contributed by atoms with Gasteiger partial charge in [-0.15, -0.1) is 0 Å². The van der Waals surface area contributed by atoms with Gasteiger partial charge in [-0.25, -0.2) is 20.7 Å². The number of nitrogen functional groups attached to an aromatic ring is 1. The van der Waals surface area contributed by atoms with Gasteiger partial charge in [0.2, 0.25) is 0 Å². The first kappa shape index (κ1) is 32.9. The zero-order valence-corrected chi connectivity index (χ0v) is 28.2. The Bertz CT molecular complexity index is 2060. The van der Waals surface area contributed by atoms with Gasteiger partial charge in [0.25, 0.3) is 5.91 Å². The molecule has 4 atom stereocenters. The van der Waals surface area contributed by atoms with Crippen molar-refractivity contribution >= 4 is 58.9 Å². The second-order valence-corrected chi connectivity index (χ2v) is 13.0. The van der Waals surface area contributed by atoms with Gasteiger partial charge in [-0.3, -0.25) is 34.6 Å². The van der Waals surface area contributed by atoms with Gasteiger partial charge < -0.3 is 9.84 Å². The second-order valence-electron chi connectivity index (χ2n) is 13.0. The maximum atomic E-state index is 13.8. The Morgan fingerprint density at radius 2 is 1.65 bits per heavy atom. The molecular weight excluding hydrogens is 614 g/mol. The normalized spacial score (nSPS) is 26.0. The van der Waals surface area contributed by atoms with Gasteiger partial charge in [0.05, 0.1) is 46.9 Å². The number of nitrogens with two attached hydrogens (primary N) is 1. The molecule has 13 nitrogen and oxygen atoms in total. The molecule has 0 saturated carbocycles. The molecule has 0 spiro atoms. The number of ketones is 1. The van der Waals surface area contributed by atoms with E-state index in [1.165, 1.54) is 14.0 Å². The number of aromatic nitrogens is 2. The highest BCUT2D eigenvalue weighted by atomic mass is 16.5. The number of methoxy groups -OCH3 is 1. The van der Waals surface area contributed by atoms with Crippen molar-refractivity contribution in [2.75, 3.05) is 12.6 Å². The summed E-state index contributed by atoms with van der Waals surface area (Å²) >= 11 is 0. The lowest BCUT2D eigenvalue weighted by Gasteiger charge is -2.22. The Morgan fingerprint density at radius 3 is 2.27 bits per heavy atom. The maximum Gasteiger partial charge on any atom is 0.310 e. The van der Waals surface area contributed by atoms with Crippen LogP contribution in [0.4, 0.5) is 0 Å². The number of fused-ring (bicyclic) bond motifs is 2. The molecule has 13 heteroatoms. The summed E-state index contributed by atoms with van der Waals surface area (Å²) in [5, 5.41) is 10.9. The lowest BCUT2D eigenvalue weighted by Crippen LogP contribution is -2.41. The minimum Gasteiger partial charge on any atom is -0.481 e.